The van der Waals surface area contributed by atoms with E-state index in [2.05, 4.69) is 10.6 Å². The van der Waals surface area contributed by atoms with Gasteiger partial charge in [-0.25, -0.2) is 0 Å². The van der Waals surface area contributed by atoms with Crippen molar-refractivity contribution in [3.8, 4) is 0 Å². The highest BCUT2D eigenvalue weighted by Crippen LogP contribution is 2.22. The molecular weight excluding hydrogens is 310 g/mol. The first-order valence-corrected chi connectivity index (χ1v) is 8.06. The number of hydrogen-bond donors (Lipinski definition) is 2. The number of ether oxygens (including phenoxy) is 1. The zero-order valence-electron chi connectivity index (χ0n) is 13.8. The Hall–Kier alpha value is -2.25. The van der Waals surface area contributed by atoms with Crippen LogP contribution in [0, 0.1) is 0 Å². The summed E-state index contributed by atoms with van der Waals surface area (Å²) in [6, 6.07) is 6.88. The number of methoxy groups -OCH3 is 1. The van der Waals surface area contributed by atoms with E-state index in [9.17, 15) is 14.4 Å². The molecule has 0 unspecified atom stereocenters. The fourth-order valence-corrected chi connectivity index (χ4v) is 2.52. The minimum Gasteiger partial charge on any atom is -0.383 e. The van der Waals surface area contributed by atoms with Gasteiger partial charge in [0.25, 0.3) is 11.8 Å². The van der Waals surface area contributed by atoms with Crippen molar-refractivity contribution in [2.24, 2.45) is 0 Å². The van der Waals surface area contributed by atoms with Crippen LogP contribution in [0.3, 0.4) is 0 Å². The summed E-state index contributed by atoms with van der Waals surface area (Å²) in [6.45, 7) is 2.29. The van der Waals surface area contributed by atoms with E-state index in [-0.39, 0.29) is 24.3 Å². The third-order valence-corrected chi connectivity index (χ3v) is 3.78. The Morgan fingerprint density at radius 3 is 2.38 bits per heavy atom. The maximum Gasteiger partial charge on any atom is 0.261 e. The number of imide groups is 1. The van der Waals surface area contributed by atoms with Crippen LogP contribution in [0.5, 0.6) is 0 Å². The molecule has 0 saturated carbocycles. The van der Waals surface area contributed by atoms with Crippen LogP contribution >= 0.6 is 0 Å². The Morgan fingerprint density at radius 1 is 1.08 bits per heavy atom. The Balaban J connectivity index is 1.61. The number of nitrogens with one attached hydrogen (secondary N) is 2. The smallest absolute Gasteiger partial charge is 0.261 e. The predicted molar refractivity (Wildman–Crippen MR) is 88.8 cm³/mol. The molecule has 7 heteroatoms. The van der Waals surface area contributed by atoms with Gasteiger partial charge in [-0.2, -0.15) is 0 Å². The average Bonchev–Trinajstić information content (AvgIpc) is 2.83. The fourth-order valence-electron chi connectivity index (χ4n) is 2.52. The monoisotopic (exact) mass is 333 g/mol. The van der Waals surface area contributed by atoms with E-state index in [4.69, 9.17) is 4.74 Å². The van der Waals surface area contributed by atoms with Crippen molar-refractivity contribution in [1.29, 1.82) is 0 Å². The van der Waals surface area contributed by atoms with Crippen LogP contribution in [-0.2, 0) is 9.53 Å². The van der Waals surface area contributed by atoms with E-state index in [1.54, 1.807) is 31.4 Å². The maximum atomic E-state index is 12.2. The molecule has 0 atom stereocenters. The van der Waals surface area contributed by atoms with Crippen molar-refractivity contribution in [3.63, 3.8) is 0 Å². The van der Waals surface area contributed by atoms with Crippen molar-refractivity contribution in [1.82, 2.24) is 15.5 Å². The second-order valence-corrected chi connectivity index (χ2v) is 5.53. The predicted octanol–water partition coefficient (Wildman–Crippen LogP) is 0.415. The highest BCUT2D eigenvalue weighted by molar-refractivity contribution is 6.21. The molecule has 0 spiro atoms. The van der Waals surface area contributed by atoms with Crippen molar-refractivity contribution >= 4 is 17.7 Å². The number of fused-ring (bicyclic) bond motifs is 1. The van der Waals surface area contributed by atoms with Crippen molar-refractivity contribution in [3.05, 3.63) is 35.4 Å². The van der Waals surface area contributed by atoms with Crippen molar-refractivity contribution in [2.75, 3.05) is 39.9 Å². The lowest BCUT2D eigenvalue weighted by Crippen LogP contribution is -2.36. The van der Waals surface area contributed by atoms with Gasteiger partial charge in [0.15, 0.2) is 0 Å². The van der Waals surface area contributed by atoms with Gasteiger partial charge in [0.1, 0.15) is 0 Å². The van der Waals surface area contributed by atoms with Crippen LogP contribution < -0.4 is 10.6 Å². The second kappa shape index (κ2) is 9.14. The average molecular weight is 333 g/mol. The first-order chi connectivity index (χ1) is 11.6. The van der Waals surface area contributed by atoms with Gasteiger partial charge in [0.2, 0.25) is 5.91 Å². The molecule has 1 aliphatic heterocycles. The highest BCUT2D eigenvalue weighted by Gasteiger charge is 2.34. The fraction of sp³-hybridized carbons (Fsp3) is 0.471. The van der Waals surface area contributed by atoms with Crippen LogP contribution in [-0.4, -0.2) is 62.5 Å². The topological polar surface area (TPSA) is 87.7 Å². The van der Waals surface area contributed by atoms with Crippen LogP contribution in [0.25, 0.3) is 0 Å². The molecule has 0 radical (unpaired) electrons. The lowest BCUT2D eigenvalue weighted by atomic mass is 10.1. The molecule has 0 aromatic heterocycles. The zero-order chi connectivity index (χ0) is 17.4. The largest absolute Gasteiger partial charge is 0.383 e. The third kappa shape index (κ3) is 4.62. The summed E-state index contributed by atoms with van der Waals surface area (Å²) in [7, 11) is 1.58. The summed E-state index contributed by atoms with van der Waals surface area (Å²) in [6.07, 6.45) is 1.47. The van der Waals surface area contributed by atoms with Crippen LogP contribution in [0.15, 0.2) is 24.3 Å². The molecule has 0 bridgehead atoms. The molecule has 7 nitrogen and oxygen atoms in total. The maximum absolute atomic E-state index is 12.2. The Kier molecular flexibility index (Phi) is 6.89. The summed E-state index contributed by atoms with van der Waals surface area (Å²) in [5.74, 6) is -0.519. The number of amides is 3. The number of nitrogens with zero attached hydrogens (tertiary/aromatic N) is 1. The van der Waals surface area contributed by atoms with Crippen LogP contribution in [0.4, 0.5) is 0 Å². The molecule has 130 valence electrons. The first-order valence-electron chi connectivity index (χ1n) is 8.06. The van der Waals surface area contributed by atoms with E-state index in [0.717, 1.165) is 6.42 Å². The van der Waals surface area contributed by atoms with E-state index in [1.165, 1.54) is 4.90 Å². The molecule has 1 aromatic rings. The van der Waals surface area contributed by atoms with Gasteiger partial charge in [0, 0.05) is 20.2 Å². The molecule has 0 fully saturated rings. The molecular formula is C17H23N3O4. The number of carbonyl (C=O) groups is 3. The standard InChI is InChI=1S/C17H23N3O4/c1-24-11-9-19-15(21)12-18-8-4-5-10-20-16(22)13-6-2-3-7-14(13)17(20)23/h2-3,6-7,18H,4-5,8-12H2,1H3,(H,19,21). The number of unbranched alkanes of at least 4 members (excludes halogenated alkanes) is 1. The van der Waals surface area contributed by atoms with Gasteiger partial charge in [-0.3, -0.25) is 19.3 Å². The molecule has 1 aliphatic rings. The summed E-state index contributed by atoms with van der Waals surface area (Å²) in [5.41, 5.74) is 0.960. The lowest BCUT2D eigenvalue weighted by Gasteiger charge is -2.13. The van der Waals surface area contributed by atoms with Crippen LogP contribution in [0.1, 0.15) is 33.6 Å². The molecule has 1 heterocycles. The SMILES string of the molecule is COCCNC(=O)CNCCCCN1C(=O)c2ccccc2C1=O. The van der Waals surface area contributed by atoms with Gasteiger partial charge in [0.05, 0.1) is 24.3 Å². The zero-order valence-corrected chi connectivity index (χ0v) is 13.8. The molecule has 24 heavy (non-hydrogen) atoms. The molecule has 1 aromatic carbocycles. The van der Waals surface area contributed by atoms with Gasteiger partial charge < -0.3 is 15.4 Å². The van der Waals surface area contributed by atoms with Crippen molar-refractivity contribution in [2.45, 2.75) is 12.8 Å². The quantitative estimate of drug-likeness (QED) is 0.478. The number of hydrogen-bond acceptors (Lipinski definition) is 5. The van der Waals surface area contributed by atoms with Crippen LogP contribution in [0.2, 0.25) is 0 Å². The Labute approximate surface area is 141 Å². The second-order valence-electron chi connectivity index (χ2n) is 5.53. The Morgan fingerprint density at radius 2 is 1.75 bits per heavy atom. The van der Waals surface area contributed by atoms with E-state index >= 15 is 0 Å². The minimum absolute atomic E-state index is 0.0765. The van der Waals surface area contributed by atoms with E-state index in [0.29, 0.717) is 43.8 Å². The number of benzene rings is 1. The highest BCUT2D eigenvalue weighted by atomic mass is 16.5. The summed E-state index contributed by atoms with van der Waals surface area (Å²) in [4.78, 5) is 37.1. The lowest BCUT2D eigenvalue weighted by molar-refractivity contribution is -0.120. The molecule has 2 rings (SSSR count). The van der Waals surface area contributed by atoms with E-state index in [1.807, 2.05) is 0 Å². The summed E-state index contributed by atoms with van der Waals surface area (Å²) >= 11 is 0. The third-order valence-electron chi connectivity index (χ3n) is 3.78. The van der Waals surface area contributed by atoms with Gasteiger partial charge in [-0.1, -0.05) is 12.1 Å². The van der Waals surface area contributed by atoms with Gasteiger partial charge in [-0.15, -0.1) is 0 Å². The Bertz CT molecular complexity index is 568. The van der Waals surface area contributed by atoms with Gasteiger partial charge in [-0.05, 0) is 31.5 Å². The first kappa shape index (κ1) is 18.1. The van der Waals surface area contributed by atoms with Crippen molar-refractivity contribution < 1.29 is 19.1 Å². The number of carbonyl (C=O) groups excluding carboxylic acids is 3. The summed E-state index contributed by atoms with van der Waals surface area (Å²) < 4.78 is 4.84. The molecule has 0 aliphatic carbocycles. The normalized spacial score (nSPS) is 13.3. The van der Waals surface area contributed by atoms with E-state index < -0.39 is 0 Å². The number of rotatable bonds is 10. The molecule has 3 amide bonds. The minimum atomic E-state index is -0.221. The summed E-state index contributed by atoms with van der Waals surface area (Å²) in [5, 5.41) is 5.75. The molecule has 2 N–H and O–H groups in total. The molecule has 0 saturated heterocycles. The van der Waals surface area contributed by atoms with Gasteiger partial charge >= 0.3 is 0 Å².